The standard InChI is InChI=1S/C12H9NO4/c14-12-7-3-4-15-10(7)6-1-2-8-11(9(6)13-12)17-5-16-8/h1-2H,3-5H2,(H,13,14). The Morgan fingerprint density at radius 1 is 1.12 bits per heavy atom. The smallest absolute Gasteiger partial charge is 0.255 e. The van der Waals surface area contributed by atoms with Gasteiger partial charge in [0.25, 0.3) is 5.56 Å². The van der Waals surface area contributed by atoms with Gasteiger partial charge in [0, 0.05) is 11.8 Å². The van der Waals surface area contributed by atoms with Crippen LogP contribution in [-0.2, 0) is 6.42 Å². The third kappa shape index (κ3) is 1.06. The van der Waals surface area contributed by atoms with Crippen LogP contribution in [0.5, 0.6) is 17.2 Å². The van der Waals surface area contributed by atoms with E-state index in [-0.39, 0.29) is 12.4 Å². The third-order valence-corrected chi connectivity index (χ3v) is 3.17. The van der Waals surface area contributed by atoms with E-state index < -0.39 is 0 Å². The number of ether oxygens (including phenoxy) is 3. The number of hydrogen-bond acceptors (Lipinski definition) is 4. The molecule has 0 radical (unpaired) electrons. The molecule has 2 aromatic rings. The Kier molecular flexibility index (Phi) is 1.54. The Labute approximate surface area is 95.9 Å². The molecular formula is C12H9NO4. The molecule has 0 aliphatic carbocycles. The Balaban J connectivity index is 2.18. The molecule has 0 atom stereocenters. The second-order valence-corrected chi connectivity index (χ2v) is 4.08. The second-order valence-electron chi connectivity index (χ2n) is 4.08. The maximum Gasteiger partial charge on any atom is 0.255 e. The zero-order valence-electron chi connectivity index (χ0n) is 8.91. The van der Waals surface area contributed by atoms with Gasteiger partial charge in [0.1, 0.15) is 5.75 Å². The van der Waals surface area contributed by atoms with E-state index in [1.54, 1.807) is 0 Å². The van der Waals surface area contributed by atoms with E-state index >= 15 is 0 Å². The van der Waals surface area contributed by atoms with E-state index in [1.165, 1.54) is 0 Å². The first kappa shape index (κ1) is 8.92. The van der Waals surface area contributed by atoms with Crippen molar-refractivity contribution in [1.29, 1.82) is 0 Å². The number of rotatable bonds is 0. The molecular weight excluding hydrogens is 222 g/mol. The number of aromatic amines is 1. The lowest BCUT2D eigenvalue weighted by atomic mass is 10.1. The summed E-state index contributed by atoms with van der Waals surface area (Å²) >= 11 is 0. The molecule has 1 N–H and O–H groups in total. The van der Waals surface area contributed by atoms with Gasteiger partial charge in [-0.2, -0.15) is 0 Å². The van der Waals surface area contributed by atoms with Crippen LogP contribution in [-0.4, -0.2) is 18.4 Å². The second kappa shape index (κ2) is 2.94. The van der Waals surface area contributed by atoms with Crippen molar-refractivity contribution >= 4 is 10.9 Å². The molecule has 1 aromatic carbocycles. The summed E-state index contributed by atoms with van der Waals surface area (Å²) in [7, 11) is 0. The summed E-state index contributed by atoms with van der Waals surface area (Å²) in [6.45, 7) is 0.750. The molecule has 0 bridgehead atoms. The summed E-state index contributed by atoms with van der Waals surface area (Å²) in [5, 5.41) is 0.876. The summed E-state index contributed by atoms with van der Waals surface area (Å²) in [4.78, 5) is 14.7. The van der Waals surface area contributed by atoms with Gasteiger partial charge < -0.3 is 19.2 Å². The number of fused-ring (bicyclic) bond motifs is 5. The number of benzene rings is 1. The molecule has 2 aliphatic heterocycles. The first-order valence-corrected chi connectivity index (χ1v) is 5.45. The number of hydrogen-bond donors (Lipinski definition) is 1. The van der Waals surface area contributed by atoms with Crippen LogP contribution < -0.4 is 19.8 Å². The van der Waals surface area contributed by atoms with Crippen LogP contribution >= 0.6 is 0 Å². The lowest BCUT2D eigenvalue weighted by Crippen LogP contribution is -2.10. The van der Waals surface area contributed by atoms with Gasteiger partial charge in [0.2, 0.25) is 6.79 Å². The average Bonchev–Trinajstić information content (AvgIpc) is 2.97. The quantitative estimate of drug-likeness (QED) is 0.739. The molecule has 86 valence electrons. The highest BCUT2D eigenvalue weighted by atomic mass is 16.7. The molecule has 5 heteroatoms. The van der Waals surface area contributed by atoms with Gasteiger partial charge >= 0.3 is 0 Å². The molecule has 0 unspecified atom stereocenters. The van der Waals surface area contributed by atoms with Crippen molar-refractivity contribution in [3.63, 3.8) is 0 Å². The minimum atomic E-state index is -0.103. The SMILES string of the molecule is O=c1[nH]c2c3c(ccc2c2c1CCO2)OCO3. The van der Waals surface area contributed by atoms with Gasteiger partial charge in [-0.05, 0) is 12.1 Å². The third-order valence-electron chi connectivity index (χ3n) is 3.17. The van der Waals surface area contributed by atoms with Gasteiger partial charge in [-0.1, -0.05) is 0 Å². The first-order chi connectivity index (χ1) is 8.34. The zero-order chi connectivity index (χ0) is 11.4. The molecule has 0 amide bonds. The van der Waals surface area contributed by atoms with Crippen molar-refractivity contribution in [1.82, 2.24) is 4.98 Å². The fourth-order valence-electron chi connectivity index (χ4n) is 2.39. The summed E-state index contributed by atoms with van der Waals surface area (Å²) < 4.78 is 16.2. The predicted octanol–water partition coefficient (Wildman–Crippen LogP) is 1.19. The van der Waals surface area contributed by atoms with Gasteiger partial charge in [-0.25, -0.2) is 0 Å². The van der Waals surface area contributed by atoms with E-state index in [4.69, 9.17) is 14.2 Å². The molecule has 0 fully saturated rings. The van der Waals surface area contributed by atoms with E-state index in [0.29, 0.717) is 35.8 Å². The monoisotopic (exact) mass is 231 g/mol. The minimum Gasteiger partial charge on any atom is -0.492 e. The van der Waals surface area contributed by atoms with Gasteiger partial charge in [0.15, 0.2) is 11.5 Å². The highest BCUT2D eigenvalue weighted by Gasteiger charge is 2.24. The Morgan fingerprint density at radius 2 is 2.06 bits per heavy atom. The van der Waals surface area contributed by atoms with Crippen LogP contribution in [0.1, 0.15) is 5.56 Å². The summed E-state index contributed by atoms with van der Waals surface area (Å²) in [5.41, 5.74) is 1.27. The molecule has 5 nitrogen and oxygen atoms in total. The van der Waals surface area contributed by atoms with Crippen LogP contribution in [0.4, 0.5) is 0 Å². The van der Waals surface area contributed by atoms with Crippen molar-refractivity contribution < 1.29 is 14.2 Å². The van der Waals surface area contributed by atoms with E-state index in [9.17, 15) is 4.79 Å². The van der Waals surface area contributed by atoms with Gasteiger partial charge in [-0.15, -0.1) is 0 Å². The molecule has 4 rings (SSSR count). The zero-order valence-corrected chi connectivity index (χ0v) is 8.91. The normalized spacial score (nSPS) is 16.0. The topological polar surface area (TPSA) is 60.6 Å². The van der Waals surface area contributed by atoms with Crippen LogP contribution in [0.25, 0.3) is 10.9 Å². The Bertz CT molecular complexity index is 689. The average molecular weight is 231 g/mol. The van der Waals surface area contributed by atoms with Crippen LogP contribution in [0.3, 0.4) is 0 Å². The molecule has 1 aromatic heterocycles. The van der Waals surface area contributed by atoms with Gasteiger partial charge in [-0.3, -0.25) is 4.79 Å². The lowest BCUT2D eigenvalue weighted by molar-refractivity contribution is 0.174. The Morgan fingerprint density at radius 3 is 3.00 bits per heavy atom. The molecule has 0 spiro atoms. The van der Waals surface area contributed by atoms with Crippen molar-refractivity contribution in [3.8, 4) is 17.2 Å². The van der Waals surface area contributed by atoms with Crippen molar-refractivity contribution in [2.75, 3.05) is 13.4 Å². The summed E-state index contributed by atoms with van der Waals surface area (Å²) in [6.07, 6.45) is 0.662. The summed E-state index contributed by atoms with van der Waals surface area (Å²) in [5.74, 6) is 1.94. The van der Waals surface area contributed by atoms with Crippen molar-refractivity contribution in [2.45, 2.75) is 6.42 Å². The number of aromatic nitrogens is 1. The van der Waals surface area contributed by atoms with Gasteiger partial charge in [0.05, 0.1) is 17.7 Å². The molecule has 0 saturated heterocycles. The first-order valence-electron chi connectivity index (χ1n) is 5.45. The molecule has 3 heterocycles. The maximum atomic E-state index is 11.9. The molecule has 0 saturated carbocycles. The predicted molar refractivity (Wildman–Crippen MR) is 59.9 cm³/mol. The van der Waals surface area contributed by atoms with E-state index in [1.807, 2.05) is 12.1 Å². The minimum absolute atomic E-state index is 0.103. The largest absolute Gasteiger partial charge is 0.492 e. The van der Waals surface area contributed by atoms with E-state index in [0.717, 1.165) is 10.9 Å². The maximum absolute atomic E-state index is 11.9. The highest BCUT2D eigenvalue weighted by Crippen LogP contribution is 2.41. The number of nitrogens with one attached hydrogen (secondary N) is 1. The van der Waals surface area contributed by atoms with E-state index in [2.05, 4.69) is 4.98 Å². The number of H-pyrrole nitrogens is 1. The fourth-order valence-corrected chi connectivity index (χ4v) is 2.39. The molecule has 2 aliphatic rings. The van der Waals surface area contributed by atoms with Crippen LogP contribution in [0.15, 0.2) is 16.9 Å². The number of pyridine rings is 1. The van der Waals surface area contributed by atoms with Crippen molar-refractivity contribution in [2.24, 2.45) is 0 Å². The Hall–Kier alpha value is -2.17. The van der Waals surface area contributed by atoms with Crippen LogP contribution in [0, 0.1) is 0 Å². The van der Waals surface area contributed by atoms with Crippen molar-refractivity contribution in [3.05, 3.63) is 28.0 Å². The molecule has 17 heavy (non-hydrogen) atoms. The lowest BCUT2D eigenvalue weighted by Gasteiger charge is -2.06. The van der Waals surface area contributed by atoms with Crippen LogP contribution in [0.2, 0.25) is 0 Å². The summed E-state index contributed by atoms with van der Waals surface area (Å²) in [6, 6.07) is 3.73. The fraction of sp³-hybridized carbons (Fsp3) is 0.250. The highest BCUT2D eigenvalue weighted by molar-refractivity contribution is 5.93.